The van der Waals surface area contributed by atoms with Gasteiger partial charge in [-0.15, -0.1) is 11.3 Å². The Kier molecular flexibility index (Phi) is 7.02. The summed E-state index contributed by atoms with van der Waals surface area (Å²) in [6.45, 7) is 0.604. The molecule has 0 aliphatic carbocycles. The molecule has 0 radical (unpaired) electrons. The van der Waals surface area contributed by atoms with Gasteiger partial charge in [0.1, 0.15) is 5.75 Å². The summed E-state index contributed by atoms with van der Waals surface area (Å²) in [4.78, 5) is 38.0. The van der Waals surface area contributed by atoms with Gasteiger partial charge in [-0.25, -0.2) is 4.79 Å². The maximum Gasteiger partial charge on any atom is 0.344 e. The number of ether oxygens (including phenoxy) is 2. The first kappa shape index (κ1) is 19.9. The lowest BCUT2D eigenvalue weighted by atomic mass is 10.3. The minimum absolute atomic E-state index is 0.117. The lowest BCUT2D eigenvalue weighted by Gasteiger charge is -2.16. The van der Waals surface area contributed by atoms with E-state index in [0.29, 0.717) is 18.7 Å². The Bertz CT molecular complexity index is 805. The molecule has 0 spiro atoms. The molecule has 1 aromatic heterocycles. The molecule has 0 saturated carbocycles. The molecule has 8 heteroatoms. The molecule has 1 N–H and O–H groups in total. The molecule has 1 fully saturated rings. The number of nitrogens with zero attached hydrogens (tertiary/aromatic N) is 1. The fourth-order valence-corrected chi connectivity index (χ4v) is 3.51. The van der Waals surface area contributed by atoms with Crippen molar-refractivity contribution in [3.63, 3.8) is 0 Å². The normalized spacial score (nSPS) is 13.4. The van der Waals surface area contributed by atoms with Crippen LogP contribution in [0.25, 0.3) is 0 Å². The largest absolute Gasteiger partial charge is 0.482 e. The number of anilines is 1. The van der Waals surface area contributed by atoms with Gasteiger partial charge in [-0.05, 0) is 48.6 Å². The van der Waals surface area contributed by atoms with Crippen LogP contribution in [-0.2, 0) is 25.5 Å². The maximum atomic E-state index is 11.7. The van der Waals surface area contributed by atoms with Crippen molar-refractivity contribution in [2.75, 3.05) is 31.2 Å². The topological polar surface area (TPSA) is 84.9 Å². The standard InChI is InChI=1S/C20H22N2O5S/c23-18(21-10-9-17-3-2-12-28-17)13-27-20(25)14-26-16-7-5-15(6-8-16)22-11-1-4-19(22)24/h2-3,5-8,12H,1,4,9-11,13-14H2,(H,21,23). The molecule has 28 heavy (non-hydrogen) atoms. The number of hydrogen-bond acceptors (Lipinski definition) is 6. The lowest BCUT2D eigenvalue weighted by Crippen LogP contribution is -2.31. The number of amides is 2. The molecule has 0 unspecified atom stereocenters. The fourth-order valence-electron chi connectivity index (χ4n) is 2.80. The minimum Gasteiger partial charge on any atom is -0.482 e. The third-order valence-electron chi connectivity index (χ3n) is 4.22. The van der Waals surface area contributed by atoms with E-state index in [1.165, 1.54) is 4.88 Å². The van der Waals surface area contributed by atoms with E-state index in [0.717, 1.165) is 25.1 Å². The monoisotopic (exact) mass is 402 g/mol. The van der Waals surface area contributed by atoms with Crippen LogP contribution in [0.1, 0.15) is 17.7 Å². The van der Waals surface area contributed by atoms with Crippen LogP contribution in [0.2, 0.25) is 0 Å². The van der Waals surface area contributed by atoms with Gasteiger partial charge in [-0.1, -0.05) is 6.07 Å². The van der Waals surface area contributed by atoms with E-state index in [-0.39, 0.29) is 25.0 Å². The summed E-state index contributed by atoms with van der Waals surface area (Å²) >= 11 is 1.63. The number of nitrogens with one attached hydrogen (secondary N) is 1. The highest BCUT2D eigenvalue weighted by Crippen LogP contribution is 2.23. The van der Waals surface area contributed by atoms with Gasteiger partial charge in [-0.3, -0.25) is 9.59 Å². The highest BCUT2D eigenvalue weighted by molar-refractivity contribution is 7.09. The second kappa shape index (κ2) is 9.89. The molecule has 1 aliphatic rings. The summed E-state index contributed by atoms with van der Waals surface area (Å²) < 4.78 is 10.3. The summed E-state index contributed by atoms with van der Waals surface area (Å²) in [5.41, 5.74) is 0.816. The zero-order valence-corrected chi connectivity index (χ0v) is 16.2. The van der Waals surface area contributed by atoms with Gasteiger partial charge in [0.25, 0.3) is 5.91 Å². The van der Waals surface area contributed by atoms with E-state index in [1.807, 2.05) is 17.5 Å². The van der Waals surface area contributed by atoms with Crippen molar-refractivity contribution in [1.82, 2.24) is 5.32 Å². The van der Waals surface area contributed by atoms with Gasteiger partial charge in [0, 0.05) is 30.1 Å². The van der Waals surface area contributed by atoms with Crippen molar-refractivity contribution in [2.45, 2.75) is 19.3 Å². The molecule has 0 atom stereocenters. The average Bonchev–Trinajstić information content (AvgIpc) is 3.37. The Hall–Kier alpha value is -2.87. The zero-order valence-electron chi connectivity index (χ0n) is 15.4. The Morgan fingerprint density at radius 1 is 1.14 bits per heavy atom. The third kappa shape index (κ3) is 5.82. The molecular weight excluding hydrogens is 380 g/mol. The Morgan fingerprint density at radius 3 is 2.64 bits per heavy atom. The number of esters is 1. The first-order chi connectivity index (χ1) is 13.6. The van der Waals surface area contributed by atoms with Crippen LogP contribution in [0.15, 0.2) is 41.8 Å². The SMILES string of the molecule is O=C(COC(=O)COc1ccc(N2CCCC2=O)cc1)NCCc1cccs1. The zero-order chi connectivity index (χ0) is 19.8. The smallest absolute Gasteiger partial charge is 0.344 e. The first-order valence-electron chi connectivity index (χ1n) is 9.10. The van der Waals surface area contributed by atoms with E-state index < -0.39 is 5.97 Å². The highest BCUT2D eigenvalue weighted by atomic mass is 32.1. The van der Waals surface area contributed by atoms with E-state index in [2.05, 4.69) is 5.32 Å². The second-order valence-electron chi connectivity index (χ2n) is 6.27. The van der Waals surface area contributed by atoms with Gasteiger partial charge in [0.05, 0.1) is 0 Å². The molecule has 3 rings (SSSR count). The molecule has 2 aromatic rings. The molecule has 2 amide bonds. The van der Waals surface area contributed by atoms with Gasteiger partial charge in [-0.2, -0.15) is 0 Å². The van der Waals surface area contributed by atoms with Gasteiger partial charge < -0.3 is 19.7 Å². The van der Waals surface area contributed by atoms with Crippen LogP contribution in [0.5, 0.6) is 5.75 Å². The van der Waals surface area contributed by atoms with Crippen LogP contribution in [0.4, 0.5) is 5.69 Å². The van der Waals surface area contributed by atoms with Crippen LogP contribution in [0.3, 0.4) is 0 Å². The van der Waals surface area contributed by atoms with Crippen LogP contribution < -0.4 is 15.0 Å². The van der Waals surface area contributed by atoms with E-state index in [4.69, 9.17) is 9.47 Å². The maximum absolute atomic E-state index is 11.7. The van der Waals surface area contributed by atoms with Crippen molar-refractivity contribution in [2.24, 2.45) is 0 Å². The summed E-state index contributed by atoms with van der Waals surface area (Å²) in [5, 5.41) is 4.69. The molecule has 1 aliphatic heterocycles. The number of benzene rings is 1. The van der Waals surface area contributed by atoms with Crippen molar-refractivity contribution in [1.29, 1.82) is 0 Å². The Morgan fingerprint density at radius 2 is 1.96 bits per heavy atom. The second-order valence-corrected chi connectivity index (χ2v) is 7.30. The average molecular weight is 402 g/mol. The van der Waals surface area contributed by atoms with Crippen molar-refractivity contribution in [3.8, 4) is 5.75 Å². The van der Waals surface area contributed by atoms with Gasteiger partial charge >= 0.3 is 5.97 Å². The molecule has 148 valence electrons. The highest BCUT2D eigenvalue weighted by Gasteiger charge is 2.21. The number of rotatable bonds is 9. The van der Waals surface area contributed by atoms with Crippen LogP contribution in [-0.4, -0.2) is 44.1 Å². The summed E-state index contributed by atoms with van der Waals surface area (Å²) in [6, 6.07) is 10.9. The number of carbonyl (C=O) groups is 3. The Labute approximate surface area is 167 Å². The van der Waals surface area contributed by atoms with E-state index in [9.17, 15) is 14.4 Å². The number of hydrogen-bond donors (Lipinski definition) is 1. The van der Waals surface area contributed by atoms with Crippen LogP contribution in [0, 0.1) is 0 Å². The minimum atomic E-state index is -0.618. The molecular formula is C20H22N2O5S. The Balaban J connectivity index is 1.32. The molecule has 2 heterocycles. The van der Waals surface area contributed by atoms with Crippen molar-refractivity contribution >= 4 is 34.8 Å². The summed E-state index contributed by atoms with van der Waals surface area (Å²) in [7, 11) is 0. The number of carbonyl (C=O) groups excluding carboxylic acids is 3. The quantitative estimate of drug-likeness (QED) is 0.650. The van der Waals surface area contributed by atoms with E-state index >= 15 is 0 Å². The predicted octanol–water partition coefficient (Wildman–Crippen LogP) is 2.16. The molecule has 1 aromatic carbocycles. The van der Waals surface area contributed by atoms with Gasteiger partial charge in [0.15, 0.2) is 13.2 Å². The molecule has 1 saturated heterocycles. The van der Waals surface area contributed by atoms with Gasteiger partial charge in [0.2, 0.25) is 5.91 Å². The molecule has 7 nitrogen and oxygen atoms in total. The summed E-state index contributed by atoms with van der Waals surface area (Å²) in [5.74, 6) is -0.351. The van der Waals surface area contributed by atoms with Crippen molar-refractivity contribution in [3.05, 3.63) is 46.7 Å². The fraction of sp³-hybridized carbons (Fsp3) is 0.350. The first-order valence-corrected chi connectivity index (χ1v) is 9.98. The lowest BCUT2D eigenvalue weighted by molar-refractivity contribution is -0.150. The molecule has 0 bridgehead atoms. The summed E-state index contributed by atoms with van der Waals surface area (Å²) in [6.07, 6.45) is 2.19. The van der Waals surface area contributed by atoms with Crippen LogP contribution >= 0.6 is 11.3 Å². The number of thiophene rings is 1. The van der Waals surface area contributed by atoms with E-state index in [1.54, 1.807) is 40.5 Å². The third-order valence-corrected chi connectivity index (χ3v) is 5.15. The predicted molar refractivity (Wildman–Crippen MR) is 106 cm³/mol. The van der Waals surface area contributed by atoms with Crippen molar-refractivity contribution < 1.29 is 23.9 Å².